The molecule has 1 aromatic carbocycles. The lowest BCUT2D eigenvalue weighted by Crippen LogP contribution is -2.43. The van der Waals surface area contributed by atoms with E-state index >= 15 is 0 Å². The molecular formula is C14H20N2O3S. The second kappa shape index (κ2) is 6.99. The molecule has 0 saturated carbocycles. The number of rotatable bonds is 5. The fraction of sp³-hybridized carbons (Fsp3) is 0.500. The number of thiocarbonyl (C=S) groups is 1. The summed E-state index contributed by atoms with van der Waals surface area (Å²) in [4.78, 5) is 2.58. The largest absolute Gasteiger partial charge is 0.496 e. The van der Waals surface area contributed by atoms with E-state index in [2.05, 4.69) is 4.90 Å². The summed E-state index contributed by atoms with van der Waals surface area (Å²) < 4.78 is 10.8. The van der Waals surface area contributed by atoms with Gasteiger partial charge in [0.2, 0.25) is 0 Å². The highest BCUT2D eigenvalue weighted by Gasteiger charge is 2.20. The Balaban J connectivity index is 2.07. The summed E-state index contributed by atoms with van der Waals surface area (Å²) in [5.74, 6) is 0.696. The van der Waals surface area contributed by atoms with Gasteiger partial charge in [-0.2, -0.15) is 0 Å². The van der Waals surface area contributed by atoms with Crippen molar-refractivity contribution in [3.05, 3.63) is 29.3 Å². The summed E-state index contributed by atoms with van der Waals surface area (Å²) in [5.41, 5.74) is 7.53. The molecule has 0 radical (unpaired) electrons. The Morgan fingerprint density at radius 1 is 1.60 bits per heavy atom. The maximum Gasteiger partial charge on any atom is 0.129 e. The molecule has 1 aromatic rings. The smallest absolute Gasteiger partial charge is 0.129 e. The van der Waals surface area contributed by atoms with Gasteiger partial charge in [-0.15, -0.1) is 0 Å². The van der Waals surface area contributed by atoms with Crippen LogP contribution in [-0.2, 0) is 11.3 Å². The van der Waals surface area contributed by atoms with E-state index in [1.165, 1.54) is 0 Å². The molecule has 2 rings (SSSR count). The second-order valence-electron chi connectivity index (χ2n) is 4.81. The van der Waals surface area contributed by atoms with E-state index in [1.54, 1.807) is 7.11 Å². The molecule has 1 aliphatic heterocycles. The number of hydrogen-bond donors (Lipinski definition) is 2. The molecule has 1 fully saturated rings. The number of morpholine rings is 1. The van der Waals surface area contributed by atoms with Crippen LogP contribution in [0.1, 0.15) is 11.1 Å². The first-order valence-electron chi connectivity index (χ1n) is 6.55. The van der Waals surface area contributed by atoms with Crippen LogP contribution in [0.2, 0.25) is 0 Å². The Labute approximate surface area is 124 Å². The van der Waals surface area contributed by atoms with Gasteiger partial charge >= 0.3 is 0 Å². The van der Waals surface area contributed by atoms with Gasteiger partial charge in [0.25, 0.3) is 0 Å². The van der Waals surface area contributed by atoms with E-state index in [1.807, 2.05) is 18.2 Å². The van der Waals surface area contributed by atoms with Gasteiger partial charge in [0.15, 0.2) is 0 Å². The van der Waals surface area contributed by atoms with Gasteiger partial charge in [-0.25, -0.2) is 0 Å². The molecule has 110 valence electrons. The molecule has 0 amide bonds. The van der Waals surface area contributed by atoms with E-state index < -0.39 is 0 Å². The van der Waals surface area contributed by atoms with Crippen molar-refractivity contribution in [2.24, 2.45) is 5.73 Å². The molecule has 0 bridgehead atoms. The molecule has 3 N–H and O–H groups in total. The molecule has 1 atom stereocenters. The van der Waals surface area contributed by atoms with Crippen molar-refractivity contribution in [1.82, 2.24) is 4.90 Å². The van der Waals surface area contributed by atoms with Crippen molar-refractivity contribution in [3.63, 3.8) is 0 Å². The standard InChI is InChI=1S/C14H20N2O3S/c1-18-13-6-10(2-3-12(13)14(15)20)7-16-4-5-19-11(8-16)9-17/h2-3,6,11,17H,4-5,7-9H2,1H3,(H2,15,20). The predicted molar refractivity (Wildman–Crippen MR) is 81.0 cm³/mol. The summed E-state index contributed by atoms with van der Waals surface area (Å²) in [6, 6.07) is 5.85. The minimum Gasteiger partial charge on any atom is -0.496 e. The van der Waals surface area contributed by atoms with Gasteiger partial charge in [0.05, 0.1) is 32.0 Å². The molecule has 1 heterocycles. The summed E-state index contributed by atoms with van der Waals surface area (Å²) in [6.07, 6.45) is -0.0958. The summed E-state index contributed by atoms with van der Waals surface area (Å²) in [6.45, 7) is 3.08. The van der Waals surface area contributed by atoms with E-state index in [-0.39, 0.29) is 12.7 Å². The second-order valence-corrected chi connectivity index (χ2v) is 5.25. The van der Waals surface area contributed by atoms with Gasteiger partial charge < -0.3 is 20.3 Å². The monoisotopic (exact) mass is 296 g/mol. The number of hydrogen-bond acceptors (Lipinski definition) is 5. The van der Waals surface area contributed by atoms with Crippen LogP contribution in [0.25, 0.3) is 0 Å². The van der Waals surface area contributed by atoms with E-state index in [0.717, 1.165) is 30.8 Å². The van der Waals surface area contributed by atoms with Gasteiger partial charge in [0.1, 0.15) is 10.7 Å². The highest BCUT2D eigenvalue weighted by atomic mass is 32.1. The average molecular weight is 296 g/mol. The Kier molecular flexibility index (Phi) is 5.31. The molecule has 1 aliphatic rings. The molecule has 20 heavy (non-hydrogen) atoms. The predicted octanol–water partition coefficient (Wildman–Crippen LogP) is 0.522. The zero-order chi connectivity index (χ0) is 14.5. The third kappa shape index (κ3) is 3.67. The van der Waals surface area contributed by atoms with Crippen molar-refractivity contribution < 1.29 is 14.6 Å². The molecule has 0 spiro atoms. The molecule has 0 aromatic heterocycles. The van der Waals surface area contributed by atoms with Crippen molar-refractivity contribution in [2.45, 2.75) is 12.6 Å². The molecular weight excluding hydrogens is 276 g/mol. The number of methoxy groups -OCH3 is 1. The molecule has 6 heteroatoms. The third-order valence-corrected chi connectivity index (χ3v) is 3.58. The fourth-order valence-corrected chi connectivity index (χ4v) is 2.50. The van der Waals surface area contributed by atoms with Gasteiger partial charge in [-0.05, 0) is 17.7 Å². The highest BCUT2D eigenvalue weighted by Crippen LogP contribution is 2.21. The fourth-order valence-electron chi connectivity index (χ4n) is 2.33. The van der Waals surface area contributed by atoms with Crippen molar-refractivity contribution in [3.8, 4) is 5.75 Å². The Morgan fingerprint density at radius 2 is 2.40 bits per heavy atom. The van der Waals surface area contributed by atoms with E-state index in [0.29, 0.717) is 17.3 Å². The van der Waals surface area contributed by atoms with Crippen LogP contribution in [0.3, 0.4) is 0 Å². The maximum absolute atomic E-state index is 9.15. The lowest BCUT2D eigenvalue weighted by Gasteiger charge is -2.32. The zero-order valence-corrected chi connectivity index (χ0v) is 12.4. The van der Waals surface area contributed by atoms with Gasteiger partial charge in [-0.1, -0.05) is 18.3 Å². The van der Waals surface area contributed by atoms with Gasteiger partial charge in [0, 0.05) is 19.6 Å². The van der Waals surface area contributed by atoms with Crippen LogP contribution in [0.15, 0.2) is 18.2 Å². The lowest BCUT2D eigenvalue weighted by molar-refractivity contribution is -0.0551. The number of aliphatic hydroxyl groups is 1. The first-order valence-corrected chi connectivity index (χ1v) is 6.96. The Hall–Kier alpha value is -1.21. The average Bonchev–Trinajstić information content (AvgIpc) is 2.47. The first kappa shape index (κ1) is 15.2. The Bertz CT molecular complexity index is 481. The summed E-state index contributed by atoms with van der Waals surface area (Å²) in [5, 5.41) is 9.15. The topological polar surface area (TPSA) is 68.0 Å². The number of nitrogens with two attached hydrogens (primary N) is 1. The first-order chi connectivity index (χ1) is 9.63. The Morgan fingerprint density at radius 3 is 3.05 bits per heavy atom. The molecule has 1 saturated heterocycles. The SMILES string of the molecule is COc1cc(CN2CCOC(CO)C2)ccc1C(N)=S. The maximum atomic E-state index is 9.15. The summed E-state index contributed by atoms with van der Waals surface area (Å²) in [7, 11) is 1.61. The van der Waals surface area contributed by atoms with Gasteiger partial charge in [-0.3, -0.25) is 4.90 Å². The zero-order valence-electron chi connectivity index (χ0n) is 11.5. The van der Waals surface area contributed by atoms with Crippen LogP contribution in [-0.4, -0.2) is 54.5 Å². The van der Waals surface area contributed by atoms with Crippen LogP contribution in [0.5, 0.6) is 5.75 Å². The van der Waals surface area contributed by atoms with Crippen LogP contribution in [0, 0.1) is 0 Å². The summed E-state index contributed by atoms with van der Waals surface area (Å²) >= 11 is 4.99. The molecule has 5 nitrogen and oxygen atoms in total. The number of aliphatic hydroxyl groups excluding tert-OH is 1. The highest BCUT2D eigenvalue weighted by molar-refractivity contribution is 7.80. The van der Waals surface area contributed by atoms with Crippen molar-refractivity contribution >= 4 is 17.2 Å². The van der Waals surface area contributed by atoms with Crippen LogP contribution in [0.4, 0.5) is 0 Å². The van der Waals surface area contributed by atoms with Crippen LogP contribution >= 0.6 is 12.2 Å². The quantitative estimate of drug-likeness (QED) is 0.772. The normalized spacial score (nSPS) is 19.8. The third-order valence-electron chi connectivity index (χ3n) is 3.36. The minimum absolute atomic E-state index is 0.0558. The van der Waals surface area contributed by atoms with E-state index in [9.17, 15) is 0 Å². The van der Waals surface area contributed by atoms with Crippen LogP contribution < -0.4 is 10.5 Å². The van der Waals surface area contributed by atoms with Crippen molar-refractivity contribution in [1.29, 1.82) is 0 Å². The van der Waals surface area contributed by atoms with Crippen molar-refractivity contribution in [2.75, 3.05) is 33.4 Å². The number of ether oxygens (including phenoxy) is 2. The molecule has 0 aliphatic carbocycles. The molecule has 1 unspecified atom stereocenters. The minimum atomic E-state index is -0.0958. The number of nitrogens with zero attached hydrogens (tertiary/aromatic N) is 1. The number of benzene rings is 1. The lowest BCUT2D eigenvalue weighted by atomic mass is 10.1. The van der Waals surface area contributed by atoms with E-state index in [4.69, 9.17) is 32.5 Å².